The van der Waals surface area contributed by atoms with Gasteiger partial charge in [-0.25, -0.2) is 8.42 Å². The van der Waals surface area contributed by atoms with E-state index < -0.39 is 9.84 Å². The second kappa shape index (κ2) is 4.34. The lowest BCUT2D eigenvalue weighted by Crippen LogP contribution is -2.26. The van der Waals surface area contributed by atoms with Crippen LogP contribution in [0.4, 0.5) is 5.13 Å². The number of anilines is 1. The van der Waals surface area contributed by atoms with E-state index in [9.17, 15) is 8.42 Å². The van der Waals surface area contributed by atoms with Crippen molar-refractivity contribution in [3.8, 4) is 0 Å². The first-order chi connectivity index (χ1) is 7.07. The predicted octanol–water partition coefficient (Wildman–Crippen LogP) is 0.925. The van der Waals surface area contributed by atoms with Gasteiger partial charge in [0, 0.05) is 13.1 Å². The molecule has 0 spiro atoms. The average molecular weight is 312 g/mol. The number of nitrogens with zero attached hydrogens (tertiary/aromatic N) is 3. The molecule has 1 aliphatic heterocycles. The molecular weight excluding hydrogens is 302 g/mol. The molecule has 0 radical (unpaired) electrons. The van der Waals surface area contributed by atoms with E-state index in [-0.39, 0.29) is 11.5 Å². The predicted molar refractivity (Wildman–Crippen MR) is 63.1 cm³/mol. The number of aromatic nitrogens is 2. The van der Waals surface area contributed by atoms with Gasteiger partial charge in [0.2, 0.25) is 5.13 Å². The van der Waals surface area contributed by atoms with E-state index in [1.165, 1.54) is 11.3 Å². The number of sulfone groups is 1. The molecule has 1 saturated heterocycles. The highest BCUT2D eigenvalue weighted by Crippen LogP contribution is 2.25. The summed E-state index contributed by atoms with van der Waals surface area (Å²) in [5.41, 5.74) is 0. The van der Waals surface area contributed by atoms with Crippen LogP contribution in [-0.2, 0) is 9.84 Å². The molecule has 0 aliphatic carbocycles. The summed E-state index contributed by atoms with van der Waals surface area (Å²) in [4.78, 5) is 1.98. The molecule has 15 heavy (non-hydrogen) atoms. The fourth-order valence-corrected chi connectivity index (χ4v) is 3.87. The van der Waals surface area contributed by atoms with Gasteiger partial charge >= 0.3 is 0 Å². The summed E-state index contributed by atoms with van der Waals surface area (Å²) in [5.74, 6) is 0.494. The first kappa shape index (κ1) is 11.3. The largest absolute Gasteiger partial charge is 0.346 e. The molecule has 1 aromatic heterocycles. The molecule has 1 aliphatic rings. The summed E-state index contributed by atoms with van der Waals surface area (Å²) in [6.45, 7) is 1.25. The van der Waals surface area contributed by atoms with Gasteiger partial charge in [0.15, 0.2) is 13.8 Å². The zero-order valence-electron chi connectivity index (χ0n) is 7.89. The number of halogens is 1. The normalized spacial score (nSPS) is 21.3. The summed E-state index contributed by atoms with van der Waals surface area (Å²) in [7, 11) is -2.85. The van der Waals surface area contributed by atoms with E-state index in [2.05, 4.69) is 26.1 Å². The van der Waals surface area contributed by atoms with Crippen LogP contribution in [0.3, 0.4) is 0 Å². The summed E-state index contributed by atoms with van der Waals surface area (Å²) in [6.07, 6.45) is 0.666. The van der Waals surface area contributed by atoms with Crippen molar-refractivity contribution in [1.82, 2.24) is 10.2 Å². The van der Waals surface area contributed by atoms with Gasteiger partial charge in [-0.05, 0) is 22.4 Å². The van der Waals surface area contributed by atoms with Crippen LogP contribution in [0.1, 0.15) is 6.42 Å². The number of hydrogen-bond acceptors (Lipinski definition) is 6. The van der Waals surface area contributed by atoms with Gasteiger partial charge in [0.1, 0.15) is 0 Å². The van der Waals surface area contributed by atoms with E-state index in [1.807, 2.05) is 4.90 Å². The van der Waals surface area contributed by atoms with E-state index in [1.54, 1.807) is 0 Å². The smallest absolute Gasteiger partial charge is 0.209 e. The van der Waals surface area contributed by atoms with Gasteiger partial charge in [0.05, 0.1) is 11.5 Å². The minimum atomic E-state index is -2.85. The van der Waals surface area contributed by atoms with Gasteiger partial charge in [-0.3, -0.25) is 0 Å². The third kappa shape index (κ3) is 2.88. The average Bonchev–Trinajstić information content (AvgIpc) is 2.49. The van der Waals surface area contributed by atoms with E-state index in [4.69, 9.17) is 0 Å². The highest BCUT2D eigenvalue weighted by Gasteiger charge is 2.21. The van der Waals surface area contributed by atoms with Crippen molar-refractivity contribution in [2.45, 2.75) is 6.42 Å². The Kier molecular flexibility index (Phi) is 3.27. The fourth-order valence-electron chi connectivity index (χ4n) is 1.46. The topological polar surface area (TPSA) is 63.2 Å². The summed E-state index contributed by atoms with van der Waals surface area (Å²) >= 11 is 4.67. The maximum absolute atomic E-state index is 11.4. The van der Waals surface area contributed by atoms with Crippen LogP contribution in [0.5, 0.6) is 0 Å². The van der Waals surface area contributed by atoms with Gasteiger partial charge in [0.25, 0.3) is 0 Å². The summed E-state index contributed by atoms with van der Waals surface area (Å²) in [6, 6.07) is 0. The van der Waals surface area contributed by atoms with Crippen molar-refractivity contribution in [2.75, 3.05) is 29.5 Å². The molecule has 1 aromatic rings. The van der Waals surface area contributed by atoms with Gasteiger partial charge in [-0.2, -0.15) is 0 Å². The lowest BCUT2D eigenvalue weighted by atomic mass is 10.4. The molecule has 2 rings (SSSR count). The van der Waals surface area contributed by atoms with Crippen molar-refractivity contribution < 1.29 is 8.42 Å². The van der Waals surface area contributed by atoms with Crippen LogP contribution < -0.4 is 4.90 Å². The lowest BCUT2D eigenvalue weighted by Gasteiger charge is -2.16. The lowest BCUT2D eigenvalue weighted by molar-refractivity contribution is 0.597. The van der Waals surface area contributed by atoms with Crippen LogP contribution >= 0.6 is 27.3 Å². The van der Waals surface area contributed by atoms with E-state index in [0.29, 0.717) is 13.0 Å². The third-order valence-corrected chi connectivity index (χ3v) is 5.35. The quantitative estimate of drug-likeness (QED) is 0.772. The highest BCUT2D eigenvalue weighted by molar-refractivity contribution is 9.11. The molecule has 0 N–H and O–H groups in total. The molecule has 0 saturated carbocycles. The van der Waals surface area contributed by atoms with Crippen molar-refractivity contribution in [3.05, 3.63) is 3.92 Å². The van der Waals surface area contributed by atoms with Crippen molar-refractivity contribution in [3.63, 3.8) is 0 Å². The molecule has 84 valence electrons. The van der Waals surface area contributed by atoms with Crippen LogP contribution in [0.15, 0.2) is 3.92 Å². The molecule has 0 atom stereocenters. The van der Waals surface area contributed by atoms with E-state index in [0.717, 1.165) is 15.6 Å². The maximum atomic E-state index is 11.4. The van der Waals surface area contributed by atoms with Crippen LogP contribution in [-0.4, -0.2) is 43.2 Å². The van der Waals surface area contributed by atoms with Gasteiger partial charge < -0.3 is 4.90 Å². The second-order valence-electron chi connectivity index (χ2n) is 3.33. The zero-order chi connectivity index (χ0) is 10.9. The Morgan fingerprint density at radius 2 is 2.07 bits per heavy atom. The van der Waals surface area contributed by atoms with Crippen LogP contribution in [0.2, 0.25) is 0 Å². The summed E-state index contributed by atoms with van der Waals surface area (Å²) in [5, 5.41) is 8.63. The monoisotopic (exact) mass is 311 g/mol. The van der Waals surface area contributed by atoms with Crippen LogP contribution in [0, 0.1) is 0 Å². The molecule has 0 aromatic carbocycles. The maximum Gasteiger partial charge on any atom is 0.209 e. The Balaban J connectivity index is 2.12. The minimum Gasteiger partial charge on any atom is -0.346 e. The number of hydrogen-bond donors (Lipinski definition) is 0. The Bertz CT molecular complexity index is 445. The first-order valence-electron chi connectivity index (χ1n) is 4.51. The van der Waals surface area contributed by atoms with Gasteiger partial charge in [-0.15, -0.1) is 10.2 Å². The standard InChI is InChI=1S/C7H10BrN3O2S2/c8-6-9-10-7(14-6)11-2-1-4-15(12,13)5-3-11/h1-5H2. The molecular formula is C7H10BrN3O2S2. The number of rotatable bonds is 1. The SMILES string of the molecule is O=S1(=O)CCCN(c2nnc(Br)s2)CC1. The molecule has 5 nitrogen and oxygen atoms in total. The fraction of sp³-hybridized carbons (Fsp3) is 0.714. The van der Waals surface area contributed by atoms with Crippen molar-refractivity contribution in [2.24, 2.45) is 0 Å². The summed E-state index contributed by atoms with van der Waals surface area (Å²) < 4.78 is 23.5. The third-order valence-electron chi connectivity index (χ3n) is 2.22. The van der Waals surface area contributed by atoms with Crippen molar-refractivity contribution in [1.29, 1.82) is 0 Å². The van der Waals surface area contributed by atoms with Crippen molar-refractivity contribution >= 4 is 42.2 Å². The molecule has 0 unspecified atom stereocenters. The Morgan fingerprint density at radius 3 is 2.73 bits per heavy atom. The second-order valence-corrected chi connectivity index (χ2v) is 7.87. The van der Waals surface area contributed by atoms with Crippen LogP contribution in [0.25, 0.3) is 0 Å². The minimum absolute atomic E-state index is 0.212. The van der Waals surface area contributed by atoms with Gasteiger partial charge in [-0.1, -0.05) is 11.3 Å². The van der Waals surface area contributed by atoms with E-state index >= 15 is 0 Å². The Morgan fingerprint density at radius 1 is 1.27 bits per heavy atom. The highest BCUT2D eigenvalue weighted by atomic mass is 79.9. The molecule has 2 heterocycles. The molecule has 0 amide bonds. The Labute approximate surface area is 101 Å². The first-order valence-corrected chi connectivity index (χ1v) is 7.94. The zero-order valence-corrected chi connectivity index (χ0v) is 11.1. The molecule has 8 heteroatoms. The Hall–Kier alpha value is -0.210. The molecule has 1 fully saturated rings. The molecule has 0 bridgehead atoms.